The Kier molecular flexibility index (Phi) is 6.11. The second-order valence-electron chi connectivity index (χ2n) is 3.78. The van der Waals surface area contributed by atoms with Gasteiger partial charge in [0, 0.05) is 32.8 Å². The van der Waals surface area contributed by atoms with Gasteiger partial charge in [-0.3, -0.25) is 0 Å². The Hall–Kier alpha value is -0.810. The average Bonchev–Trinajstić information content (AvgIpc) is 2.74. The van der Waals surface area contributed by atoms with Crippen LogP contribution in [0.2, 0.25) is 0 Å². The lowest BCUT2D eigenvalue weighted by Crippen LogP contribution is -2.42. The molecule has 0 aromatic rings. The molecule has 1 rings (SSSR count). The Labute approximate surface area is 90.9 Å². The maximum Gasteiger partial charge on any atom is 0.314 e. The first-order valence-electron chi connectivity index (χ1n) is 5.57. The molecule has 0 bridgehead atoms. The van der Waals surface area contributed by atoms with Crippen LogP contribution in [0.3, 0.4) is 0 Å². The molecule has 1 unspecified atom stereocenters. The van der Waals surface area contributed by atoms with Gasteiger partial charge in [-0.05, 0) is 25.8 Å². The largest absolute Gasteiger partial charge is 0.385 e. The van der Waals surface area contributed by atoms with Crippen LogP contribution in [0.1, 0.15) is 19.3 Å². The van der Waals surface area contributed by atoms with E-state index in [0.717, 1.165) is 25.9 Å². The lowest BCUT2D eigenvalue weighted by molar-refractivity contribution is 0.193. The molecule has 0 radical (unpaired) electrons. The average molecular weight is 215 g/mol. The molecule has 88 valence electrons. The Bertz CT molecular complexity index is 182. The minimum Gasteiger partial charge on any atom is -0.385 e. The number of methoxy groups -OCH3 is 1. The first kappa shape index (κ1) is 12.3. The summed E-state index contributed by atoms with van der Waals surface area (Å²) in [6.45, 7) is 3.14. The van der Waals surface area contributed by atoms with Gasteiger partial charge in [0.2, 0.25) is 0 Å². The van der Waals surface area contributed by atoms with Crippen LogP contribution in [0.4, 0.5) is 4.79 Å². The second-order valence-corrected chi connectivity index (χ2v) is 3.78. The fourth-order valence-corrected chi connectivity index (χ4v) is 1.63. The number of carbonyl (C=O) groups excluding carboxylic acids is 1. The van der Waals surface area contributed by atoms with Crippen molar-refractivity contribution in [2.45, 2.75) is 25.3 Å². The number of hydrogen-bond donors (Lipinski definition) is 3. The minimum atomic E-state index is -0.0835. The second kappa shape index (κ2) is 7.48. The zero-order valence-corrected chi connectivity index (χ0v) is 9.34. The first-order chi connectivity index (χ1) is 7.33. The predicted octanol–water partition coefficient (Wildman–Crippen LogP) is 0.0741. The summed E-state index contributed by atoms with van der Waals surface area (Å²) >= 11 is 0. The fraction of sp³-hybridized carbons (Fsp3) is 0.900. The van der Waals surface area contributed by atoms with E-state index in [0.29, 0.717) is 19.2 Å². The Balaban J connectivity index is 1.93. The number of carbonyl (C=O) groups is 1. The van der Waals surface area contributed by atoms with Crippen LogP contribution in [0.5, 0.6) is 0 Å². The highest BCUT2D eigenvalue weighted by atomic mass is 16.5. The first-order valence-corrected chi connectivity index (χ1v) is 5.57. The summed E-state index contributed by atoms with van der Waals surface area (Å²) < 4.78 is 4.88. The molecule has 2 amide bonds. The van der Waals surface area contributed by atoms with Gasteiger partial charge in [-0.25, -0.2) is 4.79 Å². The maximum atomic E-state index is 11.3. The van der Waals surface area contributed by atoms with Crippen molar-refractivity contribution in [3.63, 3.8) is 0 Å². The van der Waals surface area contributed by atoms with Gasteiger partial charge in [-0.2, -0.15) is 0 Å². The molecule has 5 nitrogen and oxygen atoms in total. The van der Waals surface area contributed by atoms with Crippen LogP contribution in [0.25, 0.3) is 0 Å². The Morgan fingerprint density at radius 2 is 2.40 bits per heavy atom. The van der Waals surface area contributed by atoms with Crippen molar-refractivity contribution < 1.29 is 9.53 Å². The zero-order chi connectivity index (χ0) is 10.9. The smallest absolute Gasteiger partial charge is 0.314 e. The number of hydrogen-bond acceptors (Lipinski definition) is 3. The summed E-state index contributed by atoms with van der Waals surface area (Å²) in [5, 5.41) is 8.96. The molecular weight excluding hydrogens is 194 g/mol. The van der Waals surface area contributed by atoms with E-state index in [4.69, 9.17) is 4.74 Å². The third-order valence-electron chi connectivity index (χ3n) is 2.48. The van der Waals surface area contributed by atoms with Gasteiger partial charge in [0.15, 0.2) is 0 Å². The molecule has 1 saturated heterocycles. The van der Waals surface area contributed by atoms with E-state index < -0.39 is 0 Å². The van der Waals surface area contributed by atoms with Crippen molar-refractivity contribution >= 4 is 6.03 Å². The van der Waals surface area contributed by atoms with Crippen molar-refractivity contribution in [3.8, 4) is 0 Å². The highest BCUT2D eigenvalue weighted by molar-refractivity contribution is 5.73. The van der Waals surface area contributed by atoms with Crippen molar-refractivity contribution in [2.75, 3.05) is 33.4 Å². The molecule has 1 fully saturated rings. The van der Waals surface area contributed by atoms with Crippen LogP contribution in [-0.4, -0.2) is 45.4 Å². The summed E-state index contributed by atoms with van der Waals surface area (Å²) in [5.74, 6) is 0. The van der Waals surface area contributed by atoms with Crippen molar-refractivity contribution in [1.82, 2.24) is 16.0 Å². The summed E-state index contributed by atoms with van der Waals surface area (Å²) in [6.07, 6.45) is 3.22. The summed E-state index contributed by atoms with van der Waals surface area (Å²) in [4.78, 5) is 11.3. The third kappa shape index (κ3) is 5.59. The minimum absolute atomic E-state index is 0.0835. The number of amides is 2. The molecule has 5 heteroatoms. The molecule has 3 N–H and O–H groups in total. The molecule has 0 aliphatic carbocycles. The number of nitrogens with one attached hydrogen (secondary N) is 3. The Morgan fingerprint density at radius 1 is 1.53 bits per heavy atom. The van der Waals surface area contributed by atoms with E-state index in [-0.39, 0.29) is 6.03 Å². The normalized spacial score (nSPS) is 20.2. The van der Waals surface area contributed by atoms with E-state index in [2.05, 4.69) is 16.0 Å². The van der Waals surface area contributed by atoms with Crippen LogP contribution in [-0.2, 0) is 4.74 Å². The fourth-order valence-electron chi connectivity index (χ4n) is 1.63. The molecular formula is C10H21N3O2. The molecule has 0 aromatic carbocycles. The molecule has 1 heterocycles. The third-order valence-corrected chi connectivity index (χ3v) is 2.48. The van der Waals surface area contributed by atoms with Crippen molar-refractivity contribution in [2.24, 2.45) is 0 Å². The molecule has 15 heavy (non-hydrogen) atoms. The highest BCUT2D eigenvalue weighted by Gasteiger charge is 2.14. The van der Waals surface area contributed by atoms with Crippen LogP contribution >= 0.6 is 0 Å². The lowest BCUT2D eigenvalue weighted by atomic mass is 10.2. The summed E-state index contributed by atoms with van der Waals surface area (Å²) in [6, 6.07) is 0.370. The van der Waals surface area contributed by atoms with E-state index in [9.17, 15) is 4.79 Å². The van der Waals surface area contributed by atoms with Crippen molar-refractivity contribution in [1.29, 1.82) is 0 Å². The number of rotatable bonds is 6. The molecule has 1 atom stereocenters. The molecule has 0 aromatic heterocycles. The predicted molar refractivity (Wildman–Crippen MR) is 58.9 cm³/mol. The van der Waals surface area contributed by atoms with Crippen molar-refractivity contribution in [3.05, 3.63) is 0 Å². The van der Waals surface area contributed by atoms with Crippen LogP contribution in [0, 0.1) is 0 Å². The molecule has 1 aliphatic rings. The van der Waals surface area contributed by atoms with E-state index in [1.165, 1.54) is 6.42 Å². The molecule has 1 aliphatic heterocycles. The van der Waals surface area contributed by atoms with Gasteiger partial charge in [0.1, 0.15) is 0 Å². The van der Waals surface area contributed by atoms with Gasteiger partial charge >= 0.3 is 6.03 Å². The topological polar surface area (TPSA) is 62.4 Å². The molecule has 0 spiro atoms. The highest BCUT2D eigenvalue weighted by Crippen LogP contribution is 2.02. The van der Waals surface area contributed by atoms with E-state index in [1.54, 1.807) is 7.11 Å². The molecule has 0 saturated carbocycles. The van der Waals surface area contributed by atoms with Gasteiger partial charge < -0.3 is 20.7 Å². The van der Waals surface area contributed by atoms with Crippen LogP contribution in [0.15, 0.2) is 0 Å². The monoisotopic (exact) mass is 215 g/mol. The van der Waals surface area contributed by atoms with Gasteiger partial charge in [-0.15, -0.1) is 0 Å². The summed E-state index contributed by atoms with van der Waals surface area (Å²) in [7, 11) is 1.66. The Morgan fingerprint density at radius 3 is 3.07 bits per heavy atom. The zero-order valence-electron chi connectivity index (χ0n) is 9.34. The maximum absolute atomic E-state index is 11.3. The standard InChI is InChI=1S/C10H21N3O2/c1-15-7-3-6-12-10(14)13-8-9-4-2-5-11-9/h9,11H,2-8H2,1H3,(H2,12,13,14). The van der Waals surface area contributed by atoms with E-state index >= 15 is 0 Å². The lowest BCUT2D eigenvalue weighted by Gasteiger charge is -2.12. The number of urea groups is 1. The van der Waals surface area contributed by atoms with E-state index in [1.807, 2.05) is 0 Å². The van der Waals surface area contributed by atoms with Gasteiger partial charge in [0.05, 0.1) is 0 Å². The quantitative estimate of drug-likeness (QED) is 0.550. The van der Waals surface area contributed by atoms with Gasteiger partial charge in [-0.1, -0.05) is 0 Å². The SMILES string of the molecule is COCCCNC(=O)NCC1CCCN1. The number of ether oxygens (including phenoxy) is 1. The summed E-state index contributed by atoms with van der Waals surface area (Å²) in [5.41, 5.74) is 0. The van der Waals surface area contributed by atoms with Gasteiger partial charge in [0.25, 0.3) is 0 Å². The van der Waals surface area contributed by atoms with Crippen LogP contribution < -0.4 is 16.0 Å².